The highest BCUT2D eigenvalue weighted by Crippen LogP contribution is 2.32. The lowest BCUT2D eigenvalue weighted by molar-refractivity contribution is -0.119. The van der Waals surface area contributed by atoms with Crippen molar-refractivity contribution < 1.29 is 19.0 Å². The van der Waals surface area contributed by atoms with E-state index in [4.69, 9.17) is 14.2 Å². The van der Waals surface area contributed by atoms with Crippen molar-refractivity contribution in [3.63, 3.8) is 0 Å². The van der Waals surface area contributed by atoms with Gasteiger partial charge in [0, 0.05) is 18.7 Å². The van der Waals surface area contributed by atoms with E-state index in [0.717, 1.165) is 25.0 Å². The van der Waals surface area contributed by atoms with Gasteiger partial charge in [-0.1, -0.05) is 11.8 Å². The largest absolute Gasteiger partial charge is 0.497 e. The van der Waals surface area contributed by atoms with Gasteiger partial charge in [0.25, 0.3) is 0 Å². The van der Waals surface area contributed by atoms with Gasteiger partial charge in [-0.2, -0.15) is 0 Å². The number of hydrogen-bond acceptors (Lipinski definition) is 7. The predicted molar refractivity (Wildman–Crippen MR) is 103 cm³/mol. The first kappa shape index (κ1) is 19.4. The molecule has 1 N–H and O–H groups in total. The molecule has 2 aromatic rings. The smallest absolute Gasteiger partial charge is 0.230 e. The summed E-state index contributed by atoms with van der Waals surface area (Å²) in [6.07, 6.45) is 2.22. The molecule has 0 bridgehead atoms. The maximum atomic E-state index is 11.9. The SMILES string of the molecule is COc1ccc(OC)c(-c2ccc(SCC(=O)NC[C@H]3CCCO3)nn2)c1. The molecule has 144 valence electrons. The first-order valence-corrected chi connectivity index (χ1v) is 9.75. The second-order valence-electron chi connectivity index (χ2n) is 6.05. The molecule has 0 spiro atoms. The Labute approximate surface area is 162 Å². The topological polar surface area (TPSA) is 82.6 Å². The quantitative estimate of drug-likeness (QED) is 0.695. The van der Waals surface area contributed by atoms with Gasteiger partial charge in [0.1, 0.15) is 16.5 Å². The van der Waals surface area contributed by atoms with Gasteiger partial charge in [-0.15, -0.1) is 10.2 Å². The summed E-state index contributed by atoms with van der Waals surface area (Å²) in [6, 6.07) is 9.22. The minimum Gasteiger partial charge on any atom is -0.497 e. The highest BCUT2D eigenvalue weighted by atomic mass is 32.2. The molecule has 1 aliphatic rings. The third-order valence-electron chi connectivity index (χ3n) is 4.22. The zero-order valence-corrected chi connectivity index (χ0v) is 16.3. The van der Waals surface area contributed by atoms with E-state index in [1.54, 1.807) is 14.2 Å². The predicted octanol–water partition coefficient (Wildman–Crippen LogP) is 2.55. The van der Waals surface area contributed by atoms with Crippen LogP contribution in [0.25, 0.3) is 11.3 Å². The van der Waals surface area contributed by atoms with Crippen molar-refractivity contribution in [3.8, 4) is 22.8 Å². The Bertz CT molecular complexity index is 764. The van der Waals surface area contributed by atoms with E-state index in [1.807, 2.05) is 30.3 Å². The second-order valence-corrected chi connectivity index (χ2v) is 7.05. The number of aromatic nitrogens is 2. The van der Waals surface area contributed by atoms with Crippen LogP contribution < -0.4 is 14.8 Å². The van der Waals surface area contributed by atoms with E-state index in [0.29, 0.717) is 34.5 Å². The number of thioether (sulfide) groups is 1. The minimum absolute atomic E-state index is 0.0316. The third-order valence-corrected chi connectivity index (χ3v) is 5.14. The Morgan fingerprint density at radius 1 is 1.26 bits per heavy atom. The van der Waals surface area contributed by atoms with Crippen LogP contribution in [-0.2, 0) is 9.53 Å². The van der Waals surface area contributed by atoms with Crippen molar-refractivity contribution in [2.24, 2.45) is 0 Å². The van der Waals surface area contributed by atoms with Gasteiger partial charge < -0.3 is 19.5 Å². The summed E-state index contributed by atoms with van der Waals surface area (Å²) in [4.78, 5) is 11.9. The van der Waals surface area contributed by atoms with Crippen LogP contribution in [0, 0.1) is 0 Å². The number of benzene rings is 1. The molecule has 27 heavy (non-hydrogen) atoms. The Balaban J connectivity index is 1.56. The zero-order chi connectivity index (χ0) is 19.1. The van der Waals surface area contributed by atoms with E-state index in [-0.39, 0.29) is 12.0 Å². The molecule has 3 rings (SSSR count). The molecule has 2 heterocycles. The van der Waals surface area contributed by atoms with E-state index in [1.165, 1.54) is 11.8 Å². The fraction of sp³-hybridized carbons (Fsp3) is 0.421. The van der Waals surface area contributed by atoms with Crippen LogP contribution in [0.1, 0.15) is 12.8 Å². The number of nitrogens with zero attached hydrogens (tertiary/aromatic N) is 2. The molecule has 1 saturated heterocycles. The molecule has 1 aromatic heterocycles. The van der Waals surface area contributed by atoms with Crippen molar-refractivity contribution in [1.82, 2.24) is 15.5 Å². The standard InChI is InChI=1S/C19H23N3O4S/c1-24-13-5-7-17(25-2)15(10-13)16-6-8-19(22-21-16)27-12-18(23)20-11-14-4-3-9-26-14/h5-8,10,14H,3-4,9,11-12H2,1-2H3,(H,20,23)/t14-/m1/s1. The normalized spacial score (nSPS) is 16.1. The van der Waals surface area contributed by atoms with Crippen LogP contribution in [0.3, 0.4) is 0 Å². The molecule has 0 radical (unpaired) electrons. The van der Waals surface area contributed by atoms with E-state index < -0.39 is 0 Å². The van der Waals surface area contributed by atoms with Crippen molar-refractivity contribution in [2.75, 3.05) is 33.1 Å². The number of methoxy groups -OCH3 is 2. The number of carbonyl (C=O) groups is 1. The van der Waals surface area contributed by atoms with Gasteiger partial charge >= 0.3 is 0 Å². The summed E-state index contributed by atoms with van der Waals surface area (Å²) < 4.78 is 16.1. The molecule has 0 aliphatic carbocycles. The molecule has 1 aliphatic heterocycles. The lowest BCUT2D eigenvalue weighted by Crippen LogP contribution is -2.32. The van der Waals surface area contributed by atoms with Gasteiger partial charge in [0.15, 0.2) is 0 Å². The maximum Gasteiger partial charge on any atom is 0.230 e. The van der Waals surface area contributed by atoms with Crippen LogP contribution >= 0.6 is 11.8 Å². The van der Waals surface area contributed by atoms with Crippen LogP contribution in [-0.4, -0.2) is 55.3 Å². The Kier molecular flexibility index (Phi) is 6.89. The van der Waals surface area contributed by atoms with Gasteiger partial charge in [-0.3, -0.25) is 4.79 Å². The molecule has 1 atom stereocenters. The van der Waals surface area contributed by atoms with Crippen molar-refractivity contribution >= 4 is 17.7 Å². The van der Waals surface area contributed by atoms with Gasteiger partial charge in [0.05, 0.1) is 31.8 Å². The molecule has 8 heteroatoms. The fourth-order valence-corrected chi connectivity index (χ4v) is 3.42. The average molecular weight is 389 g/mol. The Hall–Kier alpha value is -2.32. The van der Waals surface area contributed by atoms with E-state index in [9.17, 15) is 4.79 Å². The van der Waals surface area contributed by atoms with E-state index in [2.05, 4.69) is 15.5 Å². The van der Waals surface area contributed by atoms with Crippen molar-refractivity contribution in [3.05, 3.63) is 30.3 Å². The highest BCUT2D eigenvalue weighted by Gasteiger charge is 2.16. The molecule has 0 unspecified atom stereocenters. The molecule has 1 amide bonds. The van der Waals surface area contributed by atoms with Gasteiger partial charge in [0.2, 0.25) is 5.91 Å². The van der Waals surface area contributed by atoms with Gasteiger partial charge in [-0.25, -0.2) is 0 Å². The maximum absolute atomic E-state index is 11.9. The lowest BCUT2D eigenvalue weighted by atomic mass is 10.1. The third kappa shape index (κ3) is 5.33. The average Bonchev–Trinajstić information content (AvgIpc) is 3.24. The monoisotopic (exact) mass is 389 g/mol. The fourth-order valence-electron chi connectivity index (χ4n) is 2.78. The van der Waals surface area contributed by atoms with Crippen LogP contribution in [0.15, 0.2) is 35.4 Å². The summed E-state index contributed by atoms with van der Waals surface area (Å²) in [5, 5.41) is 12.1. The van der Waals surface area contributed by atoms with E-state index >= 15 is 0 Å². The molecular formula is C19H23N3O4S. The molecule has 1 aromatic carbocycles. The molecule has 1 fully saturated rings. The van der Waals surface area contributed by atoms with Crippen LogP contribution in [0.4, 0.5) is 0 Å². The zero-order valence-electron chi connectivity index (χ0n) is 15.4. The van der Waals surface area contributed by atoms with Crippen molar-refractivity contribution in [1.29, 1.82) is 0 Å². The minimum atomic E-state index is -0.0316. The van der Waals surface area contributed by atoms with Crippen molar-refractivity contribution in [2.45, 2.75) is 24.0 Å². The first-order chi connectivity index (χ1) is 13.2. The Morgan fingerprint density at radius 2 is 2.15 bits per heavy atom. The number of amides is 1. The summed E-state index contributed by atoms with van der Waals surface area (Å²) in [7, 11) is 3.22. The molecular weight excluding hydrogens is 366 g/mol. The summed E-state index contributed by atoms with van der Waals surface area (Å²) in [5.74, 6) is 1.67. The summed E-state index contributed by atoms with van der Waals surface area (Å²) in [5.41, 5.74) is 1.48. The highest BCUT2D eigenvalue weighted by molar-refractivity contribution is 7.99. The second kappa shape index (κ2) is 9.57. The number of rotatable bonds is 8. The Morgan fingerprint density at radius 3 is 2.81 bits per heavy atom. The number of ether oxygens (including phenoxy) is 3. The summed E-state index contributed by atoms with van der Waals surface area (Å²) >= 11 is 1.35. The lowest BCUT2D eigenvalue weighted by Gasteiger charge is -2.11. The number of carbonyl (C=O) groups excluding carboxylic acids is 1. The van der Waals surface area contributed by atoms with Crippen LogP contribution in [0.2, 0.25) is 0 Å². The number of nitrogens with one attached hydrogen (secondary N) is 1. The molecule has 7 nitrogen and oxygen atoms in total. The number of hydrogen-bond donors (Lipinski definition) is 1. The first-order valence-electron chi connectivity index (χ1n) is 8.77. The molecule has 0 saturated carbocycles. The summed E-state index contributed by atoms with van der Waals surface area (Å²) in [6.45, 7) is 1.36. The van der Waals surface area contributed by atoms with Gasteiger partial charge in [-0.05, 0) is 43.2 Å². The van der Waals surface area contributed by atoms with Crippen LogP contribution in [0.5, 0.6) is 11.5 Å².